The molecule has 0 fully saturated rings. The van der Waals surface area contributed by atoms with Gasteiger partial charge in [-0.05, 0) is 47.5 Å². The Bertz CT molecular complexity index is 1940. The molecular weight excluding hydrogens is 558 g/mol. The molecular formula is C29H17ClF2N4O3S. The molecule has 0 amide bonds. The number of nitrogens with zero attached hydrogens (tertiary/aromatic N) is 3. The molecule has 0 aliphatic heterocycles. The maximum atomic E-state index is 15.0. The molecule has 0 atom stereocenters. The van der Waals surface area contributed by atoms with Crippen molar-refractivity contribution in [1.82, 2.24) is 10.3 Å². The van der Waals surface area contributed by atoms with Crippen molar-refractivity contribution in [2.45, 2.75) is 6.92 Å². The number of carbonyl (C=O) groups is 1. The zero-order valence-electron chi connectivity index (χ0n) is 20.6. The first-order valence-electron chi connectivity index (χ1n) is 11.9. The topological polar surface area (TPSA) is 109 Å². The maximum absolute atomic E-state index is 15.0. The monoisotopic (exact) mass is 574 g/mol. The van der Waals surface area contributed by atoms with E-state index in [1.54, 1.807) is 54.6 Å². The SMILES string of the molecule is Cc1ccc(-[n+]2noc([O-])c2C(=O)c2sc3nc(-c4ccc(Cl)cc4)cc(-c4ccc(F)cc4F)c3c2N)cc1. The lowest BCUT2D eigenvalue weighted by atomic mass is 9.98. The number of aryl methyl sites for hydroxylation is 1. The number of nitrogens with two attached hydrogens (primary N) is 1. The molecule has 0 bridgehead atoms. The van der Waals surface area contributed by atoms with Crippen LogP contribution >= 0.6 is 22.9 Å². The minimum absolute atomic E-state index is 0.000637. The third-order valence-electron chi connectivity index (χ3n) is 6.37. The van der Waals surface area contributed by atoms with Gasteiger partial charge in [0, 0.05) is 39.7 Å². The highest BCUT2D eigenvalue weighted by Gasteiger charge is 2.33. The molecule has 0 aliphatic rings. The van der Waals surface area contributed by atoms with Crippen LogP contribution in [0.4, 0.5) is 14.5 Å². The first-order valence-corrected chi connectivity index (χ1v) is 13.1. The molecule has 2 N–H and O–H groups in total. The summed E-state index contributed by atoms with van der Waals surface area (Å²) < 4.78 is 34.8. The van der Waals surface area contributed by atoms with Crippen molar-refractivity contribution in [3.8, 4) is 34.0 Å². The van der Waals surface area contributed by atoms with Crippen LogP contribution in [0.5, 0.6) is 5.95 Å². The van der Waals surface area contributed by atoms with Crippen molar-refractivity contribution in [3.63, 3.8) is 0 Å². The summed E-state index contributed by atoms with van der Waals surface area (Å²) in [7, 11) is 0. The zero-order chi connectivity index (χ0) is 28.1. The lowest BCUT2D eigenvalue weighted by Crippen LogP contribution is -2.39. The van der Waals surface area contributed by atoms with E-state index in [2.05, 4.69) is 10.3 Å². The van der Waals surface area contributed by atoms with Crippen molar-refractivity contribution >= 4 is 44.6 Å². The normalized spacial score (nSPS) is 11.3. The Kier molecular flexibility index (Phi) is 6.28. The third-order valence-corrected chi connectivity index (χ3v) is 7.72. The molecule has 0 radical (unpaired) electrons. The molecule has 6 aromatic rings. The Morgan fingerprint density at radius 2 is 1.75 bits per heavy atom. The fraction of sp³-hybridized carbons (Fsp3) is 0.0345. The van der Waals surface area contributed by atoms with E-state index in [1.165, 1.54) is 6.07 Å². The lowest BCUT2D eigenvalue weighted by Gasteiger charge is -2.10. The molecule has 3 aromatic heterocycles. The Morgan fingerprint density at radius 1 is 1.02 bits per heavy atom. The van der Waals surface area contributed by atoms with Gasteiger partial charge in [-0.2, -0.15) is 0 Å². The van der Waals surface area contributed by atoms with Crippen molar-refractivity contribution < 1.29 is 27.9 Å². The highest BCUT2D eigenvalue weighted by molar-refractivity contribution is 7.21. The zero-order valence-corrected chi connectivity index (χ0v) is 22.2. The van der Waals surface area contributed by atoms with Gasteiger partial charge in [-0.3, -0.25) is 4.79 Å². The summed E-state index contributed by atoms with van der Waals surface area (Å²) in [5, 5.41) is 17.2. The Morgan fingerprint density at radius 3 is 2.45 bits per heavy atom. The number of hydrogen-bond donors (Lipinski definition) is 1. The first kappa shape index (κ1) is 25.6. The minimum Gasteiger partial charge on any atom is -0.539 e. The van der Waals surface area contributed by atoms with E-state index in [9.17, 15) is 14.3 Å². The third kappa shape index (κ3) is 4.37. The second-order valence-corrected chi connectivity index (χ2v) is 10.4. The molecule has 6 rings (SSSR count). The van der Waals surface area contributed by atoms with Gasteiger partial charge in [-0.25, -0.2) is 13.8 Å². The van der Waals surface area contributed by atoms with Crippen LogP contribution in [0.25, 0.3) is 38.3 Å². The highest BCUT2D eigenvalue weighted by atomic mass is 35.5. The van der Waals surface area contributed by atoms with E-state index in [0.717, 1.165) is 33.7 Å². The molecule has 0 aliphatic carbocycles. The van der Waals surface area contributed by atoms with Gasteiger partial charge in [0.2, 0.25) is 5.69 Å². The summed E-state index contributed by atoms with van der Waals surface area (Å²) in [6, 6.07) is 18.7. The van der Waals surface area contributed by atoms with Crippen molar-refractivity contribution in [2.75, 3.05) is 5.73 Å². The molecule has 3 aromatic carbocycles. The molecule has 0 saturated heterocycles. The maximum Gasteiger partial charge on any atom is 0.312 e. The molecule has 0 saturated carbocycles. The standard InChI is InChI=1S/C29H17ClF2N4O3S/c1-14-2-9-18(10-3-14)36-25(29(38)39-35-36)26(37)27-24(33)23-20(19-11-8-17(31)12-21(19)32)13-22(34-28(23)40-27)15-4-6-16(30)7-5-15/h2-13H,1H3,(H2-,33,35,37,38). The molecule has 11 heteroatoms. The molecule has 3 heterocycles. The van der Waals surface area contributed by atoms with E-state index in [1.807, 2.05) is 6.92 Å². The minimum atomic E-state index is -0.943. The second kappa shape index (κ2) is 9.82. The van der Waals surface area contributed by atoms with Crippen molar-refractivity contribution in [1.29, 1.82) is 0 Å². The summed E-state index contributed by atoms with van der Waals surface area (Å²) in [4.78, 5) is 18.8. The van der Waals surface area contributed by atoms with E-state index in [4.69, 9.17) is 21.9 Å². The summed E-state index contributed by atoms with van der Waals surface area (Å²) in [6.07, 6.45) is 0. The number of halogens is 3. The van der Waals surface area contributed by atoms with Crippen LogP contribution in [0.2, 0.25) is 5.02 Å². The number of pyridine rings is 1. The average Bonchev–Trinajstić information content (AvgIpc) is 3.48. The number of anilines is 1. The number of rotatable bonds is 5. The molecule has 7 nitrogen and oxygen atoms in total. The molecule has 0 unspecified atom stereocenters. The van der Waals surface area contributed by atoms with E-state index in [0.29, 0.717) is 37.7 Å². The summed E-state index contributed by atoms with van der Waals surface area (Å²) >= 11 is 6.99. The van der Waals surface area contributed by atoms with Gasteiger partial charge in [-0.1, -0.05) is 41.4 Å². The van der Waals surface area contributed by atoms with Gasteiger partial charge in [0.25, 0.3) is 5.78 Å². The lowest BCUT2D eigenvalue weighted by molar-refractivity contribution is -0.672. The Balaban J connectivity index is 1.57. The first-order chi connectivity index (χ1) is 19.2. The van der Waals surface area contributed by atoms with Gasteiger partial charge >= 0.3 is 5.69 Å². The van der Waals surface area contributed by atoms with Crippen LogP contribution in [0.1, 0.15) is 20.9 Å². The smallest absolute Gasteiger partial charge is 0.312 e. The fourth-order valence-corrected chi connectivity index (χ4v) is 5.57. The average molecular weight is 575 g/mol. The predicted octanol–water partition coefficient (Wildman–Crippen LogP) is 6.02. The van der Waals surface area contributed by atoms with Gasteiger partial charge in [0.05, 0.1) is 16.7 Å². The number of aromatic nitrogens is 3. The summed E-state index contributed by atoms with van der Waals surface area (Å²) in [6.45, 7) is 1.90. The second-order valence-electron chi connectivity index (χ2n) is 9.00. The number of benzene rings is 3. The van der Waals surface area contributed by atoms with Gasteiger partial charge < -0.3 is 15.4 Å². The van der Waals surface area contributed by atoms with Crippen LogP contribution in [0.3, 0.4) is 0 Å². The number of ketones is 1. The summed E-state index contributed by atoms with van der Waals surface area (Å²) in [5.74, 6) is -3.23. The fourth-order valence-electron chi connectivity index (χ4n) is 4.39. The number of nitrogen functional groups attached to an aromatic ring is 1. The molecule has 198 valence electrons. The van der Waals surface area contributed by atoms with E-state index < -0.39 is 23.4 Å². The Labute approximate surface area is 234 Å². The predicted molar refractivity (Wildman–Crippen MR) is 145 cm³/mol. The molecule has 0 spiro atoms. The molecule has 40 heavy (non-hydrogen) atoms. The van der Waals surface area contributed by atoms with Crippen LogP contribution in [-0.4, -0.2) is 16.0 Å². The van der Waals surface area contributed by atoms with E-state index in [-0.39, 0.29) is 21.8 Å². The summed E-state index contributed by atoms with van der Waals surface area (Å²) in [5.41, 5.74) is 9.06. The quantitative estimate of drug-likeness (QED) is 0.199. The number of thiophene rings is 1. The van der Waals surface area contributed by atoms with Crippen LogP contribution < -0.4 is 15.5 Å². The van der Waals surface area contributed by atoms with E-state index >= 15 is 4.39 Å². The number of hydrogen-bond acceptors (Lipinski definition) is 7. The van der Waals surface area contributed by atoms with Crippen molar-refractivity contribution in [2.24, 2.45) is 0 Å². The highest BCUT2D eigenvalue weighted by Crippen LogP contribution is 2.43. The van der Waals surface area contributed by atoms with Gasteiger partial charge in [0.15, 0.2) is 5.95 Å². The largest absolute Gasteiger partial charge is 0.539 e. The van der Waals surface area contributed by atoms with Crippen LogP contribution in [0.15, 0.2) is 77.3 Å². The number of fused-ring (bicyclic) bond motifs is 1. The van der Waals surface area contributed by atoms with Crippen LogP contribution in [0, 0.1) is 18.6 Å². The van der Waals surface area contributed by atoms with Crippen molar-refractivity contribution in [3.05, 3.63) is 106 Å². The number of carbonyl (C=O) groups excluding carboxylic acids is 1. The van der Waals surface area contributed by atoms with Crippen LogP contribution in [-0.2, 0) is 0 Å². The Hall–Kier alpha value is -4.67. The van der Waals surface area contributed by atoms with Gasteiger partial charge in [0.1, 0.15) is 21.3 Å². The van der Waals surface area contributed by atoms with Gasteiger partial charge in [-0.15, -0.1) is 11.3 Å².